The second-order valence-electron chi connectivity index (χ2n) is 6.64. The molecule has 0 unspecified atom stereocenters. The number of rotatable bonds is 4. The van der Waals surface area contributed by atoms with Crippen LogP contribution in [0.1, 0.15) is 5.82 Å². The molecule has 3 N–H and O–H groups in total. The molecule has 1 aromatic heterocycles. The lowest BCUT2D eigenvalue weighted by Gasteiger charge is -2.20. The lowest BCUT2D eigenvalue weighted by molar-refractivity contribution is 0.411. The number of benzene rings is 2. The van der Waals surface area contributed by atoms with Crippen molar-refractivity contribution in [1.29, 1.82) is 5.41 Å². The zero-order valence-electron chi connectivity index (χ0n) is 15.4. The number of methoxy groups -OCH3 is 1. The maximum absolute atomic E-state index is 10.5. The second kappa shape index (κ2) is 6.35. The van der Waals surface area contributed by atoms with Gasteiger partial charge in [0.15, 0.2) is 0 Å². The Hall–Kier alpha value is -3.48. The highest BCUT2D eigenvalue weighted by atomic mass is 16.5. The summed E-state index contributed by atoms with van der Waals surface area (Å²) >= 11 is 0. The summed E-state index contributed by atoms with van der Waals surface area (Å²) in [6.45, 7) is 0.246. The van der Waals surface area contributed by atoms with Crippen LogP contribution in [0.3, 0.4) is 0 Å². The maximum Gasteiger partial charge on any atom is 0.145 e. The third-order valence-corrected chi connectivity index (χ3v) is 4.71. The first-order valence-electron chi connectivity index (χ1n) is 8.58. The number of aromatic amines is 1. The van der Waals surface area contributed by atoms with Crippen molar-refractivity contribution in [2.24, 2.45) is 0 Å². The number of ether oxygens (including phenoxy) is 1. The number of aliphatic hydroxyl groups excluding tert-OH is 1. The van der Waals surface area contributed by atoms with Gasteiger partial charge in [0, 0.05) is 31.5 Å². The Bertz CT molecular complexity index is 1050. The van der Waals surface area contributed by atoms with E-state index in [1.54, 1.807) is 12.0 Å². The van der Waals surface area contributed by atoms with Crippen LogP contribution < -0.4 is 14.5 Å². The average Bonchev–Trinajstić information content (AvgIpc) is 3.20. The Morgan fingerprint density at radius 1 is 1.19 bits per heavy atom. The number of hydrogen-bond acceptors (Lipinski definition) is 5. The van der Waals surface area contributed by atoms with Crippen molar-refractivity contribution < 1.29 is 9.84 Å². The Balaban J connectivity index is 1.66. The molecular formula is C20H21N5O2. The van der Waals surface area contributed by atoms with Gasteiger partial charge in [0.25, 0.3) is 0 Å². The summed E-state index contributed by atoms with van der Waals surface area (Å²) in [7, 11) is 5.57. The van der Waals surface area contributed by atoms with Crippen molar-refractivity contribution in [2.75, 3.05) is 37.5 Å². The number of fused-ring (bicyclic) bond motifs is 1. The van der Waals surface area contributed by atoms with E-state index in [0.717, 1.165) is 28.2 Å². The van der Waals surface area contributed by atoms with E-state index in [4.69, 9.17) is 10.1 Å². The van der Waals surface area contributed by atoms with Gasteiger partial charge in [0.05, 0.1) is 30.3 Å². The van der Waals surface area contributed by atoms with Crippen molar-refractivity contribution in [2.45, 2.75) is 0 Å². The molecule has 0 fully saturated rings. The number of aromatic nitrogens is 2. The molecule has 0 saturated carbocycles. The first-order valence-corrected chi connectivity index (χ1v) is 8.58. The average molecular weight is 363 g/mol. The van der Waals surface area contributed by atoms with Crippen LogP contribution in [-0.2, 0) is 0 Å². The van der Waals surface area contributed by atoms with E-state index < -0.39 is 0 Å². The number of anilines is 2. The number of nitrogens with zero attached hydrogens (tertiary/aromatic N) is 3. The van der Waals surface area contributed by atoms with E-state index in [0.29, 0.717) is 11.4 Å². The SMILES string of the molecule is COc1ccc2nc(C3=C(O)CN(c4ccc(N(C)C)cc4)C3=N)[nH]c2c1. The molecule has 138 valence electrons. The minimum Gasteiger partial charge on any atom is -0.509 e. The van der Waals surface area contributed by atoms with Crippen molar-refractivity contribution in [3.05, 3.63) is 54.0 Å². The molecule has 27 heavy (non-hydrogen) atoms. The predicted molar refractivity (Wildman–Crippen MR) is 108 cm³/mol. The molecule has 0 spiro atoms. The van der Waals surface area contributed by atoms with Crippen molar-refractivity contribution in [3.8, 4) is 5.75 Å². The third-order valence-electron chi connectivity index (χ3n) is 4.71. The summed E-state index contributed by atoms with van der Waals surface area (Å²) in [6, 6.07) is 13.4. The van der Waals surface area contributed by atoms with Crippen LogP contribution in [0.15, 0.2) is 48.2 Å². The van der Waals surface area contributed by atoms with Crippen LogP contribution in [0.2, 0.25) is 0 Å². The summed E-state index contributed by atoms with van der Waals surface area (Å²) in [4.78, 5) is 11.5. The summed E-state index contributed by atoms with van der Waals surface area (Å²) in [5, 5.41) is 19.1. The van der Waals surface area contributed by atoms with Crippen LogP contribution in [0.25, 0.3) is 16.6 Å². The van der Waals surface area contributed by atoms with Crippen molar-refractivity contribution >= 4 is 33.8 Å². The molecule has 0 bridgehead atoms. The number of hydrogen-bond donors (Lipinski definition) is 3. The Morgan fingerprint density at radius 3 is 2.59 bits per heavy atom. The third kappa shape index (κ3) is 2.87. The first-order chi connectivity index (χ1) is 13.0. The molecule has 1 aliphatic rings. The minimum atomic E-state index is 0.128. The molecule has 0 amide bonds. The van der Waals surface area contributed by atoms with E-state index in [2.05, 4.69) is 9.97 Å². The molecule has 0 atom stereocenters. The highest BCUT2D eigenvalue weighted by Crippen LogP contribution is 2.32. The summed E-state index contributed by atoms with van der Waals surface area (Å²) in [6.07, 6.45) is 0. The van der Waals surface area contributed by atoms with Crippen LogP contribution >= 0.6 is 0 Å². The zero-order valence-corrected chi connectivity index (χ0v) is 15.4. The molecule has 2 heterocycles. The molecule has 7 heteroatoms. The van der Waals surface area contributed by atoms with Gasteiger partial charge in [-0.3, -0.25) is 5.41 Å². The number of nitrogens with one attached hydrogen (secondary N) is 2. The number of H-pyrrole nitrogens is 1. The molecule has 3 aromatic rings. The number of aliphatic hydroxyl groups is 1. The quantitative estimate of drug-likeness (QED) is 0.661. The molecule has 0 saturated heterocycles. The molecule has 1 aliphatic heterocycles. The van der Waals surface area contributed by atoms with Gasteiger partial charge in [0.1, 0.15) is 23.2 Å². The minimum absolute atomic E-state index is 0.128. The van der Waals surface area contributed by atoms with Gasteiger partial charge in [-0.15, -0.1) is 0 Å². The standard InChI is InChI=1S/C20H21N5O2/c1-24(2)12-4-6-13(7-5-12)25-11-17(26)18(19(25)21)20-22-15-9-8-14(27-3)10-16(15)23-20/h4-10,21,26H,11H2,1-3H3,(H,22,23). The number of imidazole rings is 1. The van der Waals surface area contributed by atoms with Crippen LogP contribution in [0, 0.1) is 5.41 Å². The summed E-state index contributed by atoms with van der Waals surface area (Å²) < 4.78 is 5.24. The van der Waals surface area contributed by atoms with Crippen LogP contribution in [-0.4, -0.2) is 48.7 Å². The van der Waals surface area contributed by atoms with Gasteiger partial charge in [0.2, 0.25) is 0 Å². The molecule has 7 nitrogen and oxygen atoms in total. The largest absolute Gasteiger partial charge is 0.509 e. The van der Waals surface area contributed by atoms with Crippen LogP contribution in [0.4, 0.5) is 11.4 Å². The van der Waals surface area contributed by atoms with E-state index in [-0.39, 0.29) is 18.1 Å². The zero-order chi connectivity index (χ0) is 19.1. The van der Waals surface area contributed by atoms with Crippen LogP contribution in [0.5, 0.6) is 5.75 Å². The highest BCUT2D eigenvalue weighted by Gasteiger charge is 2.31. The lowest BCUT2D eigenvalue weighted by Crippen LogP contribution is -2.26. The summed E-state index contributed by atoms with van der Waals surface area (Å²) in [5.41, 5.74) is 3.90. The Kier molecular flexibility index (Phi) is 3.99. The van der Waals surface area contributed by atoms with Gasteiger partial charge >= 0.3 is 0 Å². The maximum atomic E-state index is 10.5. The first kappa shape index (κ1) is 17.0. The summed E-state index contributed by atoms with van der Waals surface area (Å²) in [5.74, 6) is 1.55. The topological polar surface area (TPSA) is 88.5 Å². The highest BCUT2D eigenvalue weighted by molar-refractivity contribution is 6.30. The van der Waals surface area contributed by atoms with Gasteiger partial charge in [-0.25, -0.2) is 4.98 Å². The normalized spacial score (nSPS) is 14.3. The van der Waals surface area contributed by atoms with E-state index in [1.807, 2.05) is 61.5 Å². The Morgan fingerprint density at radius 2 is 1.93 bits per heavy atom. The smallest absolute Gasteiger partial charge is 0.145 e. The molecule has 0 aliphatic carbocycles. The van der Waals surface area contributed by atoms with E-state index in [9.17, 15) is 5.11 Å². The monoisotopic (exact) mass is 363 g/mol. The number of amidine groups is 1. The fourth-order valence-electron chi connectivity index (χ4n) is 3.21. The predicted octanol–water partition coefficient (Wildman–Crippen LogP) is 3.40. The van der Waals surface area contributed by atoms with Gasteiger partial charge in [-0.1, -0.05) is 0 Å². The van der Waals surface area contributed by atoms with Crippen molar-refractivity contribution in [3.63, 3.8) is 0 Å². The van der Waals surface area contributed by atoms with Gasteiger partial charge in [-0.05, 0) is 36.4 Å². The second-order valence-corrected chi connectivity index (χ2v) is 6.64. The van der Waals surface area contributed by atoms with Gasteiger partial charge < -0.3 is 24.6 Å². The molecule has 2 aromatic carbocycles. The van der Waals surface area contributed by atoms with Crippen molar-refractivity contribution in [1.82, 2.24) is 9.97 Å². The fourth-order valence-corrected chi connectivity index (χ4v) is 3.21. The molecule has 4 rings (SSSR count). The van der Waals surface area contributed by atoms with E-state index in [1.165, 1.54) is 0 Å². The molecular weight excluding hydrogens is 342 g/mol. The fraction of sp³-hybridized carbons (Fsp3) is 0.200. The lowest BCUT2D eigenvalue weighted by atomic mass is 10.2. The van der Waals surface area contributed by atoms with Gasteiger partial charge in [-0.2, -0.15) is 0 Å². The molecule has 0 radical (unpaired) electrons. The van der Waals surface area contributed by atoms with E-state index >= 15 is 0 Å². The Labute approximate surface area is 157 Å².